The van der Waals surface area contributed by atoms with Gasteiger partial charge in [0.25, 0.3) is 0 Å². The first-order valence-electron chi connectivity index (χ1n) is 10.2. The Morgan fingerprint density at radius 2 is 1.97 bits per heavy atom. The van der Waals surface area contributed by atoms with Crippen molar-refractivity contribution in [1.29, 1.82) is 0 Å². The molecule has 1 saturated carbocycles. The number of allylic oxidation sites excluding steroid dienone is 2. The Kier molecular flexibility index (Phi) is 6.48. The number of nitrogens with one attached hydrogen (secondary N) is 2. The topological polar surface area (TPSA) is 67.4 Å². The third-order valence-corrected chi connectivity index (χ3v) is 7.23. The number of thiophene rings is 1. The van der Waals surface area contributed by atoms with Crippen molar-refractivity contribution in [3.8, 4) is 0 Å². The van der Waals surface area contributed by atoms with Crippen molar-refractivity contribution in [2.45, 2.75) is 60.3 Å². The molecule has 1 heterocycles. The third-order valence-electron chi connectivity index (χ3n) is 5.82. The number of aryl methyl sites for hydroxylation is 1. The first-order valence-corrected chi connectivity index (χ1v) is 11.5. The Morgan fingerprint density at radius 1 is 1.28 bits per heavy atom. The van der Waals surface area contributed by atoms with Crippen molar-refractivity contribution in [3.05, 3.63) is 27.7 Å². The highest BCUT2D eigenvalue weighted by atomic mass is 32.1. The first kappa shape index (κ1) is 22.0. The summed E-state index contributed by atoms with van der Waals surface area (Å²) in [4.78, 5) is 26.5. The van der Waals surface area contributed by atoms with Gasteiger partial charge in [-0.3, -0.25) is 4.79 Å². The molecule has 2 N–H and O–H groups in total. The molecule has 2 atom stereocenters. The number of thiocarbonyl (C=S) groups is 1. The fourth-order valence-electron chi connectivity index (χ4n) is 4.25. The van der Waals surface area contributed by atoms with Crippen LogP contribution in [0.1, 0.15) is 68.3 Å². The number of carbonyl (C=O) groups excluding carboxylic acids is 2. The zero-order valence-electron chi connectivity index (χ0n) is 17.8. The second-order valence-electron chi connectivity index (χ2n) is 8.65. The fraction of sp³-hybridized carbons (Fsp3) is 0.591. The molecule has 5 nitrogen and oxygen atoms in total. The Morgan fingerprint density at radius 3 is 2.62 bits per heavy atom. The maximum absolute atomic E-state index is 12.8. The zero-order chi connectivity index (χ0) is 21.3. The molecule has 2 unspecified atom stereocenters. The molecular weight excluding hydrogens is 404 g/mol. The minimum atomic E-state index is -0.324. The van der Waals surface area contributed by atoms with Gasteiger partial charge in [0.15, 0.2) is 5.11 Å². The number of fused-ring (bicyclic) bond motifs is 1. The number of rotatable bonds is 5. The lowest BCUT2D eigenvalue weighted by Crippen LogP contribution is -2.36. The van der Waals surface area contributed by atoms with Gasteiger partial charge < -0.3 is 15.4 Å². The molecule has 1 amide bonds. The van der Waals surface area contributed by atoms with Crippen molar-refractivity contribution in [2.75, 3.05) is 11.9 Å². The Balaban J connectivity index is 1.73. The maximum Gasteiger partial charge on any atom is 0.341 e. The number of ether oxygens (including phenoxy) is 1. The summed E-state index contributed by atoms with van der Waals surface area (Å²) in [6.07, 6.45) is 6.19. The van der Waals surface area contributed by atoms with Gasteiger partial charge >= 0.3 is 5.97 Å². The van der Waals surface area contributed by atoms with Crippen LogP contribution < -0.4 is 10.6 Å². The standard InChI is InChI=1S/C22H30N2O3S2/c1-6-27-20(26)16-13-9-7-8-10-15(13)29-19(16)24-21(28)23-18(25)17-14(11-12(2)3)22(17,4)5/h11,14,17H,6-10H2,1-5H3,(H2,23,24,25,28). The van der Waals surface area contributed by atoms with Crippen molar-refractivity contribution < 1.29 is 14.3 Å². The molecule has 2 aliphatic rings. The summed E-state index contributed by atoms with van der Waals surface area (Å²) in [7, 11) is 0. The van der Waals surface area contributed by atoms with Crippen molar-refractivity contribution in [2.24, 2.45) is 17.3 Å². The summed E-state index contributed by atoms with van der Waals surface area (Å²) in [6, 6.07) is 0. The van der Waals surface area contributed by atoms with E-state index < -0.39 is 0 Å². The number of esters is 1. The number of hydrogen-bond acceptors (Lipinski definition) is 5. The maximum atomic E-state index is 12.8. The van der Waals surface area contributed by atoms with Crippen LogP contribution in [0.3, 0.4) is 0 Å². The Labute approximate surface area is 182 Å². The zero-order valence-corrected chi connectivity index (χ0v) is 19.4. The summed E-state index contributed by atoms with van der Waals surface area (Å²) < 4.78 is 5.27. The van der Waals surface area contributed by atoms with E-state index in [0.717, 1.165) is 31.2 Å². The van der Waals surface area contributed by atoms with Crippen LogP contribution in [0.25, 0.3) is 0 Å². The van der Waals surface area contributed by atoms with Gasteiger partial charge in [-0.25, -0.2) is 4.79 Å². The van der Waals surface area contributed by atoms with E-state index in [0.29, 0.717) is 17.2 Å². The molecule has 158 valence electrons. The van der Waals surface area contributed by atoms with Crippen LogP contribution in [-0.2, 0) is 22.4 Å². The summed E-state index contributed by atoms with van der Waals surface area (Å²) >= 11 is 6.95. The molecule has 0 saturated heterocycles. The number of amides is 1. The number of hydrogen-bond donors (Lipinski definition) is 2. The number of anilines is 1. The summed E-state index contributed by atoms with van der Waals surface area (Å²) in [5, 5.41) is 6.85. The lowest BCUT2D eigenvalue weighted by atomic mass is 9.95. The van der Waals surface area contributed by atoms with E-state index in [1.54, 1.807) is 18.3 Å². The summed E-state index contributed by atoms with van der Waals surface area (Å²) in [5.41, 5.74) is 2.79. The summed E-state index contributed by atoms with van der Waals surface area (Å²) in [6.45, 7) is 10.4. The van der Waals surface area contributed by atoms with E-state index in [4.69, 9.17) is 17.0 Å². The normalized spacial score (nSPS) is 21.6. The number of carbonyl (C=O) groups is 2. The third kappa shape index (κ3) is 4.56. The van der Waals surface area contributed by atoms with E-state index in [9.17, 15) is 9.59 Å². The predicted molar refractivity (Wildman–Crippen MR) is 121 cm³/mol. The predicted octanol–water partition coefficient (Wildman–Crippen LogP) is 4.86. The molecule has 2 aliphatic carbocycles. The minimum absolute atomic E-state index is 0.0743. The van der Waals surface area contributed by atoms with E-state index in [2.05, 4.69) is 30.6 Å². The minimum Gasteiger partial charge on any atom is -0.462 e. The molecular formula is C22H30N2O3S2. The van der Waals surface area contributed by atoms with Gasteiger partial charge in [-0.1, -0.05) is 25.5 Å². The molecule has 0 spiro atoms. The van der Waals surface area contributed by atoms with E-state index in [1.807, 2.05) is 13.8 Å². The van der Waals surface area contributed by atoms with Gasteiger partial charge in [0, 0.05) is 4.88 Å². The molecule has 1 aromatic heterocycles. The fourth-order valence-corrected chi connectivity index (χ4v) is 5.79. The van der Waals surface area contributed by atoms with Crippen LogP contribution in [0.5, 0.6) is 0 Å². The van der Waals surface area contributed by atoms with E-state index in [-0.39, 0.29) is 34.2 Å². The van der Waals surface area contributed by atoms with Gasteiger partial charge in [-0.05, 0) is 75.6 Å². The summed E-state index contributed by atoms with van der Waals surface area (Å²) in [5.74, 6) is -0.276. The van der Waals surface area contributed by atoms with Crippen LogP contribution in [0.15, 0.2) is 11.6 Å². The first-order chi connectivity index (χ1) is 13.7. The quantitative estimate of drug-likeness (QED) is 0.394. The molecule has 29 heavy (non-hydrogen) atoms. The average Bonchev–Trinajstić information content (AvgIpc) is 2.98. The highest BCUT2D eigenvalue weighted by Gasteiger charge is 2.60. The van der Waals surface area contributed by atoms with Crippen LogP contribution in [0.2, 0.25) is 0 Å². The second kappa shape index (κ2) is 8.56. The molecule has 0 bridgehead atoms. The van der Waals surface area contributed by atoms with E-state index in [1.165, 1.54) is 10.5 Å². The average molecular weight is 435 g/mol. The highest BCUT2D eigenvalue weighted by molar-refractivity contribution is 7.80. The molecule has 0 aliphatic heterocycles. The van der Waals surface area contributed by atoms with Gasteiger partial charge in [0.1, 0.15) is 5.00 Å². The molecule has 1 fully saturated rings. The molecule has 3 rings (SSSR count). The molecule has 0 aromatic carbocycles. The lowest BCUT2D eigenvalue weighted by molar-refractivity contribution is -0.121. The molecule has 7 heteroatoms. The van der Waals surface area contributed by atoms with Crippen LogP contribution in [-0.4, -0.2) is 23.6 Å². The monoisotopic (exact) mass is 434 g/mol. The van der Waals surface area contributed by atoms with E-state index >= 15 is 0 Å². The van der Waals surface area contributed by atoms with Crippen LogP contribution in [0, 0.1) is 17.3 Å². The highest BCUT2D eigenvalue weighted by Crippen LogP contribution is 2.59. The van der Waals surface area contributed by atoms with Gasteiger partial charge in [0.05, 0.1) is 18.1 Å². The molecule has 0 radical (unpaired) electrons. The van der Waals surface area contributed by atoms with Crippen molar-refractivity contribution in [1.82, 2.24) is 5.32 Å². The van der Waals surface area contributed by atoms with Gasteiger partial charge in [0.2, 0.25) is 5.91 Å². The molecule has 1 aromatic rings. The largest absolute Gasteiger partial charge is 0.462 e. The second-order valence-corrected chi connectivity index (χ2v) is 10.2. The SMILES string of the molecule is CCOC(=O)c1c(NC(=S)NC(=O)C2C(C=C(C)C)C2(C)C)sc2c1CCCC2. The van der Waals surface area contributed by atoms with Crippen LogP contribution in [0.4, 0.5) is 5.00 Å². The van der Waals surface area contributed by atoms with Crippen LogP contribution >= 0.6 is 23.6 Å². The van der Waals surface area contributed by atoms with Gasteiger partial charge in [-0.15, -0.1) is 11.3 Å². The Hall–Kier alpha value is -1.73. The van der Waals surface area contributed by atoms with Crippen molar-refractivity contribution >= 4 is 45.5 Å². The van der Waals surface area contributed by atoms with Crippen molar-refractivity contribution in [3.63, 3.8) is 0 Å². The Bertz CT molecular complexity index is 866. The van der Waals surface area contributed by atoms with Gasteiger partial charge in [-0.2, -0.15) is 0 Å². The smallest absolute Gasteiger partial charge is 0.341 e. The lowest BCUT2D eigenvalue weighted by Gasteiger charge is -2.13.